The van der Waals surface area contributed by atoms with E-state index in [1.54, 1.807) is 16.4 Å². The lowest BCUT2D eigenvalue weighted by Crippen LogP contribution is -2.70. The van der Waals surface area contributed by atoms with Crippen LogP contribution in [0.2, 0.25) is 0 Å². The molecular formula is C19H24N4O2S. The van der Waals surface area contributed by atoms with Gasteiger partial charge in [0.2, 0.25) is 10.0 Å². The smallest absolute Gasteiger partial charge is 0.243 e. The lowest BCUT2D eigenvalue weighted by molar-refractivity contribution is 0.0874. The fraction of sp³-hybridized carbons (Fsp3) is 0.474. The highest BCUT2D eigenvalue weighted by atomic mass is 32.2. The number of hydrogen-bond donors (Lipinski definition) is 0. The van der Waals surface area contributed by atoms with Gasteiger partial charge < -0.3 is 4.90 Å². The molecule has 0 N–H and O–H groups in total. The molecular weight excluding hydrogens is 348 g/mol. The fourth-order valence-corrected chi connectivity index (χ4v) is 6.22. The van der Waals surface area contributed by atoms with E-state index in [0.717, 1.165) is 34.9 Å². The van der Waals surface area contributed by atoms with Gasteiger partial charge in [0.15, 0.2) is 0 Å². The minimum Gasteiger partial charge on any atom is -0.353 e. The van der Waals surface area contributed by atoms with Crippen molar-refractivity contribution in [2.75, 3.05) is 18.0 Å². The summed E-state index contributed by atoms with van der Waals surface area (Å²) < 4.78 is 28.0. The van der Waals surface area contributed by atoms with Gasteiger partial charge in [0.05, 0.1) is 4.90 Å². The summed E-state index contributed by atoms with van der Waals surface area (Å²) in [5, 5.41) is 0. The molecule has 3 aliphatic rings. The minimum atomic E-state index is -3.45. The van der Waals surface area contributed by atoms with Crippen molar-refractivity contribution >= 4 is 15.8 Å². The van der Waals surface area contributed by atoms with Crippen LogP contribution < -0.4 is 4.90 Å². The fourth-order valence-electron chi connectivity index (χ4n) is 4.22. The van der Waals surface area contributed by atoms with Gasteiger partial charge >= 0.3 is 0 Å². The van der Waals surface area contributed by atoms with Crippen LogP contribution in [0.4, 0.5) is 5.82 Å². The van der Waals surface area contributed by atoms with Gasteiger partial charge in [0, 0.05) is 36.9 Å². The molecule has 0 saturated carbocycles. The molecule has 0 radical (unpaired) electrons. The largest absolute Gasteiger partial charge is 0.353 e. The molecule has 3 fully saturated rings. The number of hydrogen-bond acceptors (Lipinski definition) is 5. The first-order valence-electron chi connectivity index (χ1n) is 8.93. The van der Waals surface area contributed by atoms with E-state index in [2.05, 4.69) is 14.9 Å². The summed E-state index contributed by atoms with van der Waals surface area (Å²) in [4.78, 5) is 11.5. The third kappa shape index (κ3) is 2.89. The van der Waals surface area contributed by atoms with Gasteiger partial charge in [-0.15, -0.1) is 0 Å². The number of piperidine rings is 1. The van der Waals surface area contributed by atoms with Crippen LogP contribution in [0.25, 0.3) is 0 Å². The van der Waals surface area contributed by atoms with Crippen LogP contribution in [-0.4, -0.2) is 47.9 Å². The minimum absolute atomic E-state index is 0.00939. The summed E-state index contributed by atoms with van der Waals surface area (Å²) in [5.41, 5.74) is 2.89. The van der Waals surface area contributed by atoms with Crippen LogP contribution in [0.3, 0.4) is 0 Å². The van der Waals surface area contributed by atoms with E-state index in [-0.39, 0.29) is 12.1 Å². The zero-order valence-corrected chi connectivity index (χ0v) is 16.4. The standard InChI is InChI=1S/C19H24N4O2S/c1-12-5-13(2)7-18(6-12)26(24,25)23-16-9-17(23)11-22(10-16)19-8-14(3)20-15(4)21-19/h5-8,16-17H,9-11H2,1-4H3. The van der Waals surface area contributed by atoms with E-state index in [4.69, 9.17) is 0 Å². The van der Waals surface area contributed by atoms with Crippen molar-refractivity contribution in [2.24, 2.45) is 0 Å². The molecule has 3 aliphatic heterocycles. The molecule has 0 spiro atoms. The van der Waals surface area contributed by atoms with Gasteiger partial charge in [-0.05, 0) is 57.4 Å². The van der Waals surface area contributed by atoms with E-state index in [1.807, 2.05) is 39.8 Å². The second-order valence-electron chi connectivity index (χ2n) is 7.52. The Morgan fingerprint density at radius 2 is 1.54 bits per heavy atom. The Morgan fingerprint density at radius 1 is 0.923 bits per heavy atom. The number of anilines is 1. The highest BCUT2D eigenvalue weighted by molar-refractivity contribution is 7.89. The van der Waals surface area contributed by atoms with Gasteiger partial charge in [0.25, 0.3) is 0 Å². The van der Waals surface area contributed by atoms with Gasteiger partial charge in [-0.2, -0.15) is 4.31 Å². The SMILES string of the molecule is Cc1cc(C)cc(S(=O)(=O)N2C3CC2CN(c2cc(C)nc(C)n2)C3)c1. The van der Waals surface area contributed by atoms with Crippen LogP contribution >= 0.6 is 0 Å². The van der Waals surface area contributed by atoms with Crippen LogP contribution in [0.1, 0.15) is 29.1 Å². The molecule has 3 saturated heterocycles. The number of fused-ring (bicyclic) bond motifs is 2. The predicted octanol–water partition coefficient (Wildman–Crippen LogP) is 2.36. The van der Waals surface area contributed by atoms with Gasteiger partial charge in [-0.3, -0.25) is 0 Å². The summed E-state index contributed by atoms with van der Waals surface area (Å²) in [6, 6.07) is 7.53. The Balaban J connectivity index is 1.59. The molecule has 1 aromatic heterocycles. The van der Waals surface area contributed by atoms with Crippen molar-refractivity contribution in [3.63, 3.8) is 0 Å². The average molecular weight is 372 g/mol. The number of sulfonamides is 1. The van der Waals surface area contributed by atoms with E-state index in [9.17, 15) is 8.42 Å². The van der Waals surface area contributed by atoms with Crippen LogP contribution in [-0.2, 0) is 10.0 Å². The number of benzene rings is 1. The third-order valence-electron chi connectivity index (χ3n) is 5.17. The molecule has 6 nitrogen and oxygen atoms in total. The van der Waals surface area contributed by atoms with Crippen LogP contribution in [0, 0.1) is 27.7 Å². The molecule has 5 rings (SSSR count). The molecule has 4 heterocycles. The second kappa shape index (κ2) is 6.03. The Bertz CT molecular complexity index is 921. The highest BCUT2D eigenvalue weighted by Gasteiger charge is 2.51. The number of nitrogens with zero attached hydrogens (tertiary/aromatic N) is 4. The summed E-state index contributed by atoms with van der Waals surface area (Å²) in [7, 11) is -3.45. The summed E-state index contributed by atoms with van der Waals surface area (Å²) in [6.07, 6.45) is 0.920. The molecule has 2 atom stereocenters. The first kappa shape index (κ1) is 17.4. The summed E-state index contributed by atoms with van der Waals surface area (Å²) >= 11 is 0. The van der Waals surface area contributed by atoms with E-state index in [0.29, 0.717) is 18.0 Å². The van der Waals surface area contributed by atoms with Crippen molar-refractivity contribution in [1.82, 2.24) is 14.3 Å². The number of aryl methyl sites for hydroxylation is 4. The van der Waals surface area contributed by atoms with Crippen LogP contribution in [0.5, 0.6) is 0 Å². The first-order chi connectivity index (χ1) is 12.2. The highest BCUT2D eigenvalue weighted by Crippen LogP contribution is 2.39. The molecule has 138 valence electrons. The molecule has 7 heteroatoms. The van der Waals surface area contributed by atoms with Crippen molar-refractivity contribution in [3.05, 3.63) is 46.9 Å². The summed E-state index contributed by atoms with van der Waals surface area (Å²) in [6.45, 7) is 9.07. The maximum absolute atomic E-state index is 13.2. The van der Waals surface area contributed by atoms with Crippen molar-refractivity contribution in [2.45, 2.75) is 51.1 Å². The van der Waals surface area contributed by atoms with E-state index < -0.39 is 10.0 Å². The van der Waals surface area contributed by atoms with Crippen molar-refractivity contribution in [3.8, 4) is 0 Å². The number of aromatic nitrogens is 2. The Hall–Kier alpha value is -1.99. The number of rotatable bonds is 3. The quantitative estimate of drug-likeness (QED) is 0.827. The third-order valence-corrected chi connectivity index (χ3v) is 7.16. The maximum atomic E-state index is 13.2. The molecule has 2 unspecified atom stereocenters. The van der Waals surface area contributed by atoms with E-state index in [1.165, 1.54) is 0 Å². The Kier molecular flexibility index (Phi) is 4.04. The first-order valence-corrected chi connectivity index (χ1v) is 10.4. The molecule has 2 bridgehead atoms. The zero-order valence-electron chi connectivity index (χ0n) is 15.6. The Labute approximate surface area is 154 Å². The summed E-state index contributed by atoms with van der Waals surface area (Å²) in [5.74, 6) is 1.65. The molecule has 26 heavy (non-hydrogen) atoms. The topological polar surface area (TPSA) is 66.4 Å². The molecule has 1 aromatic carbocycles. The lowest BCUT2D eigenvalue weighted by Gasteiger charge is -2.55. The Morgan fingerprint density at radius 3 is 2.12 bits per heavy atom. The molecule has 0 amide bonds. The average Bonchev–Trinajstić information content (AvgIpc) is 2.52. The van der Waals surface area contributed by atoms with Crippen LogP contribution in [0.15, 0.2) is 29.2 Å². The predicted molar refractivity (Wildman–Crippen MR) is 101 cm³/mol. The second-order valence-corrected chi connectivity index (χ2v) is 9.36. The van der Waals surface area contributed by atoms with Gasteiger partial charge in [-0.25, -0.2) is 18.4 Å². The zero-order chi connectivity index (χ0) is 18.6. The van der Waals surface area contributed by atoms with E-state index >= 15 is 0 Å². The number of piperazine rings is 1. The van der Waals surface area contributed by atoms with Gasteiger partial charge in [-0.1, -0.05) is 6.07 Å². The monoisotopic (exact) mass is 372 g/mol. The molecule has 2 aromatic rings. The van der Waals surface area contributed by atoms with Crippen molar-refractivity contribution in [1.29, 1.82) is 0 Å². The maximum Gasteiger partial charge on any atom is 0.243 e. The lowest BCUT2D eigenvalue weighted by atomic mass is 9.91. The van der Waals surface area contributed by atoms with Crippen molar-refractivity contribution < 1.29 is 8.42 Å². The molecule has 0 aliphatic carbocycles. The normalized spacial score (nSPS) is 23.0. The van der Waals surface area contributed by atoms with Gasteiger partial charge in [0.1, 0.15) is 11.6 Å².